The Kier molecular flexibility index (Phi) is 4.58. The zero-order valence-corrected chi connectivity index (χ0v) is 17.4. The van der Waals surface area contributed by atoms with E-state index in [1.165, 1.54) is 0 Å². The van der Waals surface area contributed by atoms with E-state index in [0.29, 0.717) is 48.4 Å². The maximum atomic E-state index is 12.7. The maximum Gasteiger partial charge on any atom is 0.274 e. The van der Waals surface area contributed by atoms with Crippen LogP contribution < -0.4 is 0 Å². The minimum atomic E-state index is 0.00794. The van der Waals surface area contributed by atoms with Crippen LogP contribution in [0.2, 0.25) is 0 Å². The van der Waals surface area contributed by atoms with Crippen molar-refractivity contribution in [2.75, 3.05) is 0 Å². The van der Waals surface area contributed by atoms with E-state index >= 15 is 0 Å². The first-order valence-electron chi connectivity index (χ1n) is 10.00. The Labute approximate surface area is 177 Å². The van der Waals surface area contributed by atoms with Crippen molar-refractivity contribution in [3.63, 3.8) is 0 Å². The quantitative estimate of drug-likeness (QED) is 0.504. The third-order valence-corrected chi connectivity index (χ3v) is 5.20. The summed E-state index contributed by atoms with van der Waals surface area (Å²) in [5.74, 6) is 2.09. The molecular formula is C22H20N6O3. The second-order valence-corrected chi connectivity index (χ2v) is 7.65. The van der Waals surface area contributed by atoms with Crippen LogP contribution in [0.4, 0.5) is 0 Å². The summed E-state index contributed by atoms with van der Waals surface area (Å²) in [5, 5.41) is 8.68. The molecule has 0 aliphatic carbocycles. The third-order valence-electron chi connectivity index (χ3n) is 5.20. The van der Waals surface area contributed by atoms with Gasteiger partial charge in [0.25, 0.3) is 5.89 Å². The highest BCUT2D eigenvalue weighted by Gasteiger charge is 2.22. The summed E-state index contributed by atoms with van der Waals surface area (Å²) in [4.78, 5) is 29.0. The number of benzene rings is 1. The lowest BCUT2D eigenvalue weighted by atomic mass is 10.0. The van der Waals surface area contributed by atoms with Gasteiger partial charge in [-0.15, -0.1) is 0 Å². The molecule has 0 amide bonds. The van der Waals surface area contributed by atoms with Gasteiger partial charge in [0.15, 0.2) is 17.4 Å². The van der Waals surface area contributed by atoms with Crippen LogP contribution in [0.15, 0.2) is 43.9 Å². The van der Waals surface area contributed by atoms with Gasteiger partial charge in [-0.05, 0) is 37.6 Å². The molecule has 0 atom stereocenters. The monoisotopic (exact) mass is 416 g/mol. The van der Waals surface area contributed by atoms with Gasteiger partial charge in [0.2, 0.25) is 5.89 Å². The van der Waals surface area contributed by atoms with Crippen molar-refractivity contribution in [3.05, 3.63) is 52.9 Å². The Morgan fingerprint density at radius 3 is 2.71 bits per heavy atom. The molecule has 0 saturated carbocycles. The Morgan fingerprint density at radius 1 is 1.10 bits per heavy atom. The van der Waals surface area contributed by atoms with E-state index in [2.05, 4.69) is 36.3 Å². The van der Waals surface area contributed by atoms with Gasteiger partial charge in [-0.3, -0.25) is 4.79 Å². The number of Topliss-reactive ketones (excluding diaryl/α,β-unsaturated/α-hetero) is 1. The molecular weight excluding hydrogens is 396 g/mol. The second kappa shape index (κ2) is 7.42. The van der Waals surface area contributed by atoms with Crippen LogP contribution in [-0.2, 0) is 11.2 Å². The smallest absolute Gasteiger partial charge is 0.274 e. The molecule has 156 valence electrons. The van der Waals surface area contributed by atoms with Gasteiger partial charge in [0.1, 0.15) is 5.69 Å². The number of nitrogens with one attached hydrogen (secondary N) is 1. The number of aliphatic imine (C=N–C) groups is 1. The standard InChI is InChI=1S/C22H20N6O3/c1-11-8-17(19(29)6-7-20-24-13(3)30-28-20)26-21(11)14-4-5-16-15(9-14)10-18(25-16)22-23-12(2)27-31-22/h4-5,9-10,25H,6-8H2,1-3H3. The zero-order valence-electron chi connectivity index (χ0n) is 17.4. The lowest BCUT2D eigenvalue weighted by Gasteiger charge is -2.02. The van der Waals surface area contributed by atoms with Gasteiger partial charge in [-0.25, -0.2) is 4.99 Å². The molecule has 0 spiro atoms. The number of aromatic amines is 1. The fraction of sp³-hybridized carbons (Fsp3) is 0.273. The lowest BCUT2D eigenvalue weighted by molar-refractivity contribution is -0.113. The van der Waals surface area contributed by atoms with E-state index in [0.717, 1.165) is 33.4 Å². The summed E-state index contributed by atoms with van der Waals surface area (Å²) >= 11 is 0. The van der Waals surface area contributed by atoms with E-state index < -0.39 is 0 Å². The molecule has 3 aromatic heterocycles. The van der Waals surface area contributed by atoms with Crippen LogP contribution in [0.3, 0.4) is 0 Å². The third kappa shape index (κ3) is 3.70. The minimum absolute atomic E-state index is 0.00794. The number of hydrogen-bond donors (Lipinski definition) is 1. The fourth-order valence-corrected chi connectivity index (χ4v) is 3.69. The first kappa shape index (κ1) is 19.1. The first-order valence-corrected chi connectivity index (χ1v) is 10.00. The molecule has 31 heavy (non-hydrogen) atoms. The number of H-pyrrole nitrogens is 1. The molecule has 4 aromatic rings. The van der Waals surface area contributed by atoms with Gasteiger partial charge in [0.05, 0.1) is 11.4 Å². The van der Waals surface area contributed by atoms with E-state index in [1.54, 1.807) is 13.8 Å². The summed E-state index contributed by atoms with van der Waals surface area (Å²) in [5.41, 5.74) is 5.18. The highest BCUT2D eigenvalue weighted by Crippen LogP contribution is 2.32. The van der Waals surface area contributed by atoms with Crippen molar-refractivity contribution in [1.29, 1.82) is 0 Å². The molecule has 4 heterocycles. The van der Waals surface area contributed by atoms with Crippen molar-refractivity contribution in [2.24, 2.45) is 4.99 Å². The maximum absolute atomic E-state index is 12.7. The van der Waals surface area contributed by atoms with Crippen molar-refractivity contribution >= 4 is 28.1 Å². The average molecular weight is 416 g/mol. The first-order chi connectivity index (χ1) is 15.0. The van der Waals surface area contributed by atoms with Gasteiger partial charge in [-0.1, -0.05) is 16.4 Å². The predicted octanol–water partition coefficient (Wildman–Crippen LogP) is 4.00. The average Bonchev–Trinajstić information content (AvgIpc) is 3.52. The molecule has 9 heteroatoms. The zero-order chi connectivity index (χ0) is 21.5. The van der Waals surface area contributed by atoms with Gasteiger partial charge < -0.3 is 14.0 Å². The van der Waals surface area contributed by atoms with E-state index in [4.69, 9.17) is 9.05 Å². The number of fused-ring (bicyclic) bond motifs is 1. The molecule has 0 unspecified atom stereocenters. The van der Waals surface area contributed by atoms with Crippen molar-refractivity contribution < 1.29 is 13.8 Å². The Balaban J connectivity index is 1.36. The molecule has 1 aliphatic heterocycles. The number of aromatic nitrogens is 5. The minimum Gasteiger partial charge on any atom is -0.351 e. The molecule has 1 N–H and O–H groups in total. The molecule has 1 aliphatic rings. The van der Waals surface area contributed by atoms with Crippen LogP contribution in [0.5, 0.6) is 0 Å². The van der Waals surface area contributed by atoms with Crippen molar-refractivity contribution in [1.82, 2.24) is 25.3 Å². The van der Waals surface area contributed by atoms with Crippen molar-refractivity contribution in [3.8, 4) is 11.6 Å². The Morgan fingerprint density at radius 2 is 1.97 bits per heavy atom. The highest BCUT2D eigenvalue weighted by molar-refractivity contribution is 6.42. The summed E-state index contributed by atoms with van der Waals surface area (Å²) in [6.45, 7) is 5.52. The van der Waals surface area contributed by atoms with Crippen LogP contribution >= 0.6 is 0 Å². The molecule has 0 radical (unpaired) electrons. The SMILES string of the molecule is CC1=C(c2ccc3[nH]c(-c4nc(C)no4)cc3c2)N=C(C(=O)CCc2noc(C)n2)C1. The molecule has 0 saturated heterocycles. The topological polar surface area (TPSA) is 123 Å². The fourth-order valence-electron chi connectivity index (χ4n) is 3.69. The number of aryl methyl sites for hydroxylation is 3. The number of rotatable bonds is 6. The number of carbonyl (C=O) groups is 1. The van der Waals surface area contributed by atoms with E-state index in [1.807, 2.05) is 25.1 Å². The summed E-state index contributed by atoms with van der Waals surface area (Å²) in [7, 11) is 0. The van der Waals surface area contributed by atoms with Crippen LogP contribution in [0, 0.1) is 13.8 Å². The number of allylic oxidation sites excluding steroid dienone is 1. The largest absolute Gasteiger partial charge is 0.351 e. The number of carbonyl (C=O) groups excluding carboxylic acids is 1. The molecule has 0 bridgehead atoms. The Bertz CT molecular complexity index is 1370. The summed E-state index contributed by atoms with van der Waals surface area (Å²) in [6.07, 6.45) is 1.30. The van der Waals surface area contributed by atoms with Gasteiger partial charge in [0, 0.05) is 42.7 Å². The van der Waals surface area contributed by atoms with Crippen LogP contribution in [0.1, 0.15) is 42.9 Å². The number of ketones is 1. The van der Waals surface area contributed by atoms with Crippen molar-refractivity contribution in [2.45, 2.75) is 40.0 Å². The van der Waals surface area contributed by atoms with E-state index in [-0.39, 0.29) is 5.78 Å². The van der Waals surface area contributed by atoms with Crippen LogP contribution in [0.25, 0.3) is 28.2 Å². The van der Waals surface area contributed by atoms with E-state index in [9.17, 15) is 4.79 Å². The molecule has 1 aromatic carbocycles. The highest BCUT2D eigenvalue weighted by atomic mass is 16.5. The second-order valence-electron chi connectivity index (χ2n) is 7.65. The normalized spacial score (nSPS) is 14.0. The Hall–Kier alpha value is -3.88. The molecule has 0 fully saturated rings. The molecule has 5 rings (SSSR count). The van der Waals surface area contributed by atoms with Crippen LogP contribution in [-0.4, -0.2) is 36.8 Å². The number of hydrogen-bond acceptors (Lipinski definition) is 8. The summed E-state index contributed by atoms with van der Waals surface area (Å²) in [6, 6.07) is 8.01. The predicted molar refractivity (Wildman–Crippen MR) is 113 cm³/mol. The number of nitrogens with zero attached hydrogens (tertiary/aromatic N) is 5. The van der Waals surface area contributed by atoms with Gasteiger partial charge >= 0.3 is 0 Å². The summed E-state index contributed by atoms with van der Waals surface area (Å²) < 4.78 is 10.2. The van der Waals surface area contributed by atoms with Gasteiger partial charge in [-0.2, -0.15) is 9.97 Å². The lowest BCUT2D eigenvalue weighted by Crippen LogP contribution is -2.13. The molecule has 9 nitrogen and oxygen atoms in total.